The number of sulfonamides is 1. The van der Waals surface area contributed by atoms with Gasteiger partial charge in [-0.25, -0.2) is 8.42 Å². The predicted molar refractivity (Wildman–Crippen MR) is 122 cm³/mol. The molecule has 0 aliphatic heterocycles. The highest BCUT2D eigenvalue weighted by Crippen LogP contribution is 2.23. The van der Waals surface area contributed by atoms with Gasteiger partial charge in [-0.2, -0.15) is 4.31 Å². The molecule has 0 atom stereocenters. The molecule has 0 bridgehead atoms. The van der Waals surface area contributed by atoms with Crippen molar-refractivity contribution in [3.63, 3.8) is 0 Å². The van der Waals surface area contributed by atoms with Gasteiger partial charge in [0.15, 0.2) is 0 Å². The second-order valence-electron chi connectivity index (χ2n) is 6.83. The Kier molecular flexibility index (Phi) is 9.60. The van der Waals surface area contributed by atoms with E-state index in [0.29, 0.717) is 0 Å². The Morgan fingerprint density at radius 3 is 2.23 bits per heavy atom. The fourth-order valence-corrected chi connectivity index (χ4v) is 4.06. The molecule has 31 heavy (non-hydrogen) atoms. The summed E-state index contributed by atoms with van der Waals surface area (Å²) in [6.07, 6.45) is 5.28. The van der Waals surface area contributed by atoms with Gasteiger partial charge in [0, 0.05) is 13.2 Å². The van der Waals surface area contributed by atoms with E-state index in [-0.39, 0.29) is 18.2 Å². The fraction of sp³-hybridized carbons (Fsp3) is 0.333. The highest BCUT2D eigenvalue weighted by atomic mass is 32.2. The number of hydrogen-bond acceptors (Lipinski definition) is 5. The maximum atomic E-state index is 12.8. The van der Waals surface area contributed by atoms with E-state index < -0.39 is 10.0 Å². The van der Waals surface area contributed by atoms with E-state index in [1.165, 1.54) is 11.4 Å². The van der Waals surface area contributed by atoms with Crippen molar-refractivity contribution in [3.8, 4) is 23.3 Å². The first-order chi connectivity index (χ1) is 14.9. The summed E-state index contributed by atoms with van der Waals surface area (Å²) in [6.45, 7) is 1.89. The third-order valence-electron chi connectivity index (χ3n) is 4.50. The molecule has 0 heterocycles. The third kappa shape index (κ3) is 7.44. The summed E-state index contributed by atoms with van der Waals surface area (Å²) in [6, 6.07) is 12.5. The van der Waals surface area contributed by atoms with Crippen molar-refractivity contribution in [3.05, 3.63) is 65.7 Å². The van der Waals surface area contributed by atoms with E-state index in [1.54, 1.807) is 44.6 Å². The number of aryl methyl sites for hydroxylation is 2. The Morgan fingerprint density at radius 2 is 1.65 bits per heavy atom. The first kappa shape index (κ1) is 24.5. The van der Waals surface area contributed by atoms with Crippen molar-refractivity contribution in [2.45, 2.75) is 24.7 Å². The molecule has 6 nitrogen and oxygen atoms in total. The van der Waals surface area contributed by atoms with Crippen molar-refractivity contribution < 1.29 is 22.6 Å². The van der Waals surface area contributed by atoms with E-state index in [1.807, 2.05) is 31.2 Å². The van der Waals surface area contributed by atoms with Gasteiger partial charge in [-0.1, -0.05) is 35.6 Å². The van der Waals surface area contributed by atoms with Crippen LogP contribution < -0.4 is 9.47 Å². The van der Waals surface area contributed by atoms with Crippen LogP contribution in [0.3, 0.4) is 0 Å². The van der Waals surface area contributed by atoms with Crippen molar-refractivity contribution in [2.75, 3.05) is 34.6 Å². The fourth-order valence-electron chi connectivity index (χ4n) is 2.80. The van der Waals surface area contributed by atoms with Crippen LogP contribution in [-0.2, 0) is 21.2 Å². The quantitative estimate of drug-likeness (QED) is 0.413. The first-order valence-corrected chi connectivity index (χ1v) is 11.3. The van der Waals surface area contributed by atoms with Gasteiger partial charge in [-0.15, -0.1) is 0 Å². The molecule has 2 aromatic rings. The Morgan fingerprint density at radius 1 is 1.00 bits per heavy atom. The molecule has 0 N–H and O–H groups in total. The molecule has 2 aromatic carbocycles. The molecule has 0 radical (unpaired) electrons. The molecule has 0 aliphatic carbocycles. The lowest BCUT2D eigenvalue weighted by molar-refractivity contribution is 0.124. The number of allylic oxidation sites excluding steroid dienone is 2. The number of nitrogens with zero attached hydrogens (tertiary/aromatic N) is 1. The van der Waals surface area contributed by atoms with E-state index in [2.05, 4.69) is 11.8 Å². The predicted octanol–water partition coefficient (Wildman–Crippen LogP) is 3.80. The average Bonchev–Trinajstić information content (AvgIpc) is 2.77. The summed E-state index contributed by atoms with van der Waals surface area (Å²) in [4.78, 5) is 0.223. The lowest BCUT2D eigenvalue weighted by Gasteiger charge is -2.18. The topological polar surface area (TPSA) is 65.1 Å². The van der Waals surface area contributed by atoms with Gasteiger partial charge in [0.05, 0.1) is 25.7 Å². The van der Waals surface area contributed by atoms with Crippen molar-refractivity contribution >= 4 is 10.0 Å². The number of rotatable bonds is 10. The van der Waals surface area contributed by atoms with Crippen LogP contribution in [0.5, 0.6) is 11.5 Å². The SMILES string of the molecule is COCN(CC#C/C=C/CCc1cc(OC)cc(OC)c1)S(=O)(=O)c1ccc(C)cc1. The monoisotopic (exact) mass is 443 g/mol. The molecular weight excluding hydrogens is 414 g/mol. The lowest BCUT2D eigenvalue weighted by Crippen LogP contribution is -2.33. The molecule has 0 amide bonds. The van der Waals surface area contributed by atoms with Crippen molar-refractivity contribution in [2.24, 2.45) is 0 Å². The van der Waals surface area contributed by atoms with Gasteiger partial charge < -0.3 is 14.2 Å². The normalized spacial score (nSPS) is 11.4. The molecule has 166 valence electrons. The van der Waals surface area contributed by atoms with Crippen LogP contribution in [0.1, 0.15) is 17.5 Å². The van der Waals surface area contributed by atoms with E-state index in [0.717, 1.165) is 35.5 Å². The molecule has 2 rings (SSSR count). The van der Waals surface area contributed by atoms with Crippen molar-refractivity contribution in [1.82, 2.24) is 4.31 Å². The van der Waals surface area contributed by atoms with Crippen LogP contribution in [0, 0.1) is 18.8 Å². The first-order valence-electron chi connectivity index (χ1n) is 9.81. The molecule has 0 saturated heterocycles. The second-order valence-corrected chi connectivity index (χ2v) is 8.77. The zero-order valence-corrected chi connectivity index (χ0v) is 19.2. The maximum Gasteiger partial charge on any atom is 0.245 e. The minimum Gasteiger partial charge on any atom is -0.497 e. The van der Waals surface area contributed by atoms with Crippen LogP contribution >= 0.6 is 0 Å². The van der Waals surface area contributed by atoms with Crippen LogP contribution in [0.2, 0.25) is 0 Å². The molecule has 0 saturated carbocycles. The summed E-state index contributed by atoms with van der Waals surface area (Å²) < 4.78 is 42.4. The van der Waals surface area contributed by atoms with E-state index in [4.69, 9.17) is 14.2 Å². The average molecular weight is 444 g/mol. The highest BCUT2D eigenvalue weighted by Gasteiger charge is 2.23. The van der Waals surface area contributed by atoms with Gasteiger partial charge in [0.25, 0.3) is 0 Å². The number of methoxy groups -OCH3 is 3. The molecule has 0 spiro atoms. The summed E-state index contributed by atoms with van der Waals surface area (Å²) in [7, 11) is 1.04. The highest BCUT2D eigenvalue weighted by molar-refractivity contribution is 7.89. The lowest BCUT2D eigenvalue weighted by atomic mass is 10.1. The molecule has 0 aliphatic rings. The minimum absolute atomic E-state index is 0.0431. The van der Waals surface area contributed by atoms with Crippen LogP contribution in [-0.4, -0.2) is 47.3 Å². The summed E-state index contributed by atoms with van der Waals surface area (Å²) in [5.74, 6) is 7.29. The maximum absolute atomic E-state index is 12.8. The Labute approximate surface area is 185 Å². The molecule has 0 unspecified atom stereocenters. The molecular formula is C24H29NO5S. The zero-order chi connectivity index (χ0) is 22.7. The molecule has 7 heteroatoms. The van der Waals surface area contributed by atoms with Crippen LogP contribution in [0.15, 0.2) is 59.5 Å². The Hall–Kier alpha value is -2.79. The zero-order valence-electron chi connectivity index (χ0n) is 18.4. The van der Waals surface area contributed by atoms with Gasteiger partial charge in [0.2, 0.25) is 10.0 Å². The Balaban J connectivity index is 1.95. The third-order valence-corrected chi connectivity index (χ3v) is 6.28. The largest absolute Gasteiger partial charge is 0.497 e. The summed E-state index contributed by atoms with van der Waals surface area (Å²) >= 11 is 0. The number of hydrogen-bond donors (Lipinski definition) is 0. The smallest absolute Gasteiger partial charge is 0.245 e. The summed E-state index contributed by atoms with van der Waals surface area (Å²) in [5, 5.41) is 0. The van der Waals surface area contributed by atoms with Crippen molar-refractivity contribution in [1.29, 1.82) is 0 Å². The van der Waals surface area contributed by atoms with Gasteiger partial charge in [0.1, 0.15) is 18.2 Å². The second kappa shape index (κ2) is 12.2. The van der Waals surface area contributed by atoms with E-state index in [9.17, 15) is 8.42 Å². The van der Waals surface area contributed by atoms with Gasteiger partial charge in [-0.3, -0.25) is 0 Å². The number of ether oxygens (including phenoxy) is 3. The van der Waals surface area contributed by atoms with Gasteiger partial charge >= 0.3 is 0 Å². The van der Waals surface area contributed by atoms with Crippen LogP contribution in [0.25, 0.3) is 0 Å². The van der Waals surface area contributed by atoms with Gasteiger partial charge in [-0.05, 0) is 55.7 Å². The Bertz CT molecular complexity index is 1010. The molecule has 0 aromatic heterocycles. The van der Waals surface area contributed by atoms with E-state index >= 15 is 0 Å². The summed E-state index contributed by atoms with van der Waals surface area (Å²) in [5.41, 5.74) is 2.10. The molecule has 0 fully saturated rings. The minimum atomic E-state index is -3.67. The standard InChI is InChI=1S/C24H29NO5S/c1-20-11-13-24(14-12-20)31(26,27)25(19-28-2)15-9-7-5-6-8-10-21-16-22(29-3)18-23(17-21)30-4/h5-6,11-14,16-18H,8,10,15,19H2,1-4H3/b6-5+. The number of benzene rings is 2. The van der Waals surface area contributed by atoms with Crippen LogP contribution in [0.4, 0.5) is 0 Å².